The number of nitrogens with zero attached hydrogens (tertiary/aromatic N) is 1. The number of nitrogens with one attached hydrogen (secondary N) is 1. The van der Waals surface area contributed by atoms with Crippen LogP contribution in [0.5, 0.6) is 11.5 Å². The number of pyridine rings is 1. The minimum absolute atomic E-state index is 0.00640. The monoisotopic (exact) mass is 372 g/mol. The van der Waals surface area contributed by atoms with Gasteiger partial charge in [0, 0.05) is 12.3 Å². The van der Waals surface area contributed by atoms with E-state index in [0.717, 1.165) is 24.0 Å². The zero-order chi connectivity index (χ0) is 18.4. The van der Waals surface area contributed by atoms with E-state index in [0.29, 0.717) is 22.2 Å². The lowest BCUT2D eigenvalue weighted by atomic mass is 10.2. The summed E-state index contributed by atoms with van der Waals surface area (Å²) in [4.78, 5) is 15.7. The lowest BCUT2D eigenvalue weighted by Crippen LogP contribution is -2.15. The Kier molecular flexibility index (Phi) is 6.13. The van der Waals surface area contributed by atoms with Gasteiger partial charge in [-0.25, -0.2) is 4.98 Å². The Labute approximate surface area is 146 Å². The Balaban J connectivity index is 1.95. The van der Waals surface area contributed by atoms with Crippen LogP contribution < -0.4 is 14.8 Å². The molecule has 134 valence electrons. The largest absolute Gasteiger partial charge is 0.497 e. The van der Waals surface area contributed by atoms with Crippen molar-refractivity contribution in [3.8, 4) is 11.5 Å². The first-order valence-corrected chi connectivity index (χ1v) is 8.00. The summed E-state index contributed by atoms with van der Waals surface area (Å²) < 4.78 is 47.7. The van der Waals surface area contributed by atoms with Crippen molar-refractivity contribution in [2.24, 2.45) is 0 Å². The summed E-state index contributed by atoms with van der Waals surface area (Å²) in [5.41, 5.74) is -0.362. The van der Waals surface area contributed by atoms with Crippen molar-refractivity contribution in [1.82, 2.24) is 4.98 Å². The number of hydrogen-bond acceptors (Lipinski definition) is 5. The number of anilines is 1. The van der Waals surface area contributed by atoms with Crippen LogP contribution >= 0.6 is 11.8 Å². The number of alkyl halides is 3. The van der Waals surface area contributed by atoms with Gasteiger partial charge in [-0.05, 0) is 24.3 Å². The van der Waals surface area contributed by atoms with Crippen LogP contribution in [-0.2, 0) is 11.0 Å². The van der Waals surface area contributed by atoms with Gasteiger partial charge in [-0.3, -0.25) is 4.79 Å². The van der Waals surface area contributed by atoms with E-state index in [1.165, 1.54) is 20.3 Å². The van der Waals surface area contributed by atoms with Crippen molar-refractivity contribution in [2.75, 3.05) is 25.3 Å². The highest BCUT2D eigenvalue weighted by molar-refractivity contribution is 7.99. The van der Waals surface area contributed by atoms with Gasteiger partial charge in [0.15, 0.2) is 0 Å². The third-order valence-electron chi connectivity index (χ3n) is 3.10. The molecule has 0 fully saturated rings. The van der Waals surface area contributed by atoms with Crippen LogP contribution in [0.3, 0.4) is 0 Å². The van der Waals surface area contributed by atoms with Gasteiger partial charge in [-0.15, -0.1) is 0 Å². The fraction of sp³-hybridized carbons (Fsp3) is 0.250. The van der Waals surface area contributed by atoms with E-state index in [9.17, 15) is 18.0 Å². The first-order valence-electron chi connectivity index (χ1n) is 7.01. The van der Waals surface area contributed by atoms with Crippen LogP contribution in [0.25, 0.3) is 0 Å². The maximum absolute atomic E-state index is 12.5. The number of carbonyl (C=O) groups excluding carboxylic acids is 1. The van der Waals surface area contributed by atoms with Gasteiger partial charge >= 0.3 is 6.18 Å². The minimum Gasteiger partial charge on any atom is -0.497 e. The van der Waals surface area contributed by atoms with Crippen molar-refractivity contribution in [2.45, 2.75) is 11.2 Å². The number of benzene rings is 1. The third kappa shape index (κ3) is 5.28. The lowest BCUT2D eigenvalue weighted by molar-refractivity contribution is -0.137. The maximum atomic E-state index is 12.5. The van der Waals surface area contributed by atoms with E-state index < -0.39 is 11.7 Å². The van der Waals surface area contributed by atoms with Crippen LogP contribution in [-0.4, -0.2) is 30.9 Å². The molecule has 0 saturated heterocycles. The fourth-order valence-corrected chi connectivity index (χ4v) is 2.50. The Morgan fingerprint density at radius 2 is 1.96 bits per heavy atom. The zero-order valence-electron chi connectivity index (χ0n) is 13.4. The van der Waals surface area contributed by atoms with Crippen molar-refractivity contribution in [3.05, 3.63) is 42.1 Å². The number of methoxy groups -OCH3 is 2. The predicted molar refractivity (Wildman–Crippen MR) is 88.1 cm³/mol. The SMILES string of the molecule is COc1ccc(NC(=O)CSc2ccc(C(F)(F)F)cn2)c(OC)c1. The summed E-state index contributed by atoms with van der Waals surface area (Å²) in [6, 6.07) is 7.09. The highest BCUT2D eigenvalue weighted by Crippen LogP contribution is 2.30. The quantitative estimate of drug-likeness (QED) is 0.781. The molecular weight excluding hydrogens is 357 g/mol. The smallest absolute Gasteiger partial charge is 0.417 e. The molecule has 1 heterocycles. The van der Waals surface area contributed by atoms with E-state index in [4.69, 9.17) is 9.47 Å². The summed E-state index contributed by atoms with van der Waals surface area (Å²) in [6.07, 6.45) is -3.69. The molecule has 1 aromatic heterocycles. The van der Waals surface area contributed by atoms with Gasteiger partial charge in [0.2, 0.25) is 5.91 Å². The van der Waals surface area contributed by atoms with Crippen molar-refractivity contribution >= 4 is 23.4 Å². The topological polar surface area (TPSA) is 60.5 Å². The number of amides is 1. The number of halogens is 3. The van der Waals surface area contributed by atoms with Crippen molar-refractivity contribution in [3.63, 3.8) is 0 Å². The molecule has 25 heavy (non-hydrogen) atoms. The molecule has 0 spiro atoms. The van der Waals surface area contributed by atoms with Crippen molar-refractivity contribution < 1.29 is 27.4 Å². The van der Waals surface area contributed by atoms with E-state index >= 15 is 0 Å². The maximum Gasteiger partial charge on any atom is 0.417 e. The first-order chi connectivity index (χ1) is 11.8. The molecule has 1 aromatic carbocycles. The van der Waals surface area contributed by atoms with E-state index in [1.54, 1.807) is 18.2 Å². The molecule has 0 atom stereocenters. The van der Waals surface area contributed by atoms with Gasteiger partial charge in [0.25, 0.3) is 0 Å². The van der Waals surface area contributed by atoms with Crippen LogP contribution in [0.4, 0.5) is 18.9 Å². The molecule has 0 radical (unpaired) electrons. The van der Waals surface area contributed by atoms with Crippen LogP contribution in [0.2, 0.25) is 0 Å². The summed E-state index contributed by atoms with van der Waals surface area (Å²) in [5.74, 6) is 0.673. The second kappa shape index (κ2) is 8.11. The van der Waals surface area contributed by atoms with E-state index in [-0.39, 0.29) is 11.7 Å². The summed E-state index contributed by atoms with van der Waals surface area (Å²) in [7, 11) is 2.98. The lowest BCUT2D eigenvalue weighted by Gasteiger charge is -2.11. The Bertz CT molecular complexity index is 736. The van der Waals surface area contributed by atoms with E-state index in [1.807, 2.05) is 0 Å². The molecule has 0 aliphatic rings. The highest BCUT2D eigenvalue weighted by atomic mass is 32.2. The molecule has 9 heteroatoms. The van der Waals surface area contributed by atoms with Crippen LogP contribution in [0, 0.1) is 0 Å². The molecule has 2 rings (SSSR count). The van der Waals surface area contributed by atoms with Crippen LogP contribution in [0.15, 0.2) is 41.6 Å². The van der Waals surface area contributed by atoms with Gasteiger partial charge in [0.1, 0.15) is 11.5 Å². The molecular formula is C16H15F3N2O3S. The number of hydrogen-bond donors (Lipinski definition) is 1. The molecule has 0 unspecified atom stereocenters. The molecule has 0 saturated carbocycles. The van der Waals surface area contributed by atoms with Crippen LogP contribution in [0.1, 0.15) is 5.56 Å². The summed E-state index contributed by atoms with van der Waals surface area (Å²) in [5, 5.41) is 2.99. The summed E-state index contributed by atoms with van der Waals surface area (Å²) in [6.45, 7) is 0. The summed E-state index contributed by atoms with van der Waals surface area (Å²) >= 11 is 1.03. The number of carbonyl (C=O) groups is 1. The Morgan fingerprint density at radius 1 is 1.20 bits per heavy atom. The average molecular weight is 372 g/mol. The minimum atomic E-state index is -4.43. The predicted octanol–water partition coefficient (Wildman–Crippen LogP) is 3.85. The van der Waals surface area contributed by atoms with Crippen molar-refractivity contribution in [1.29, 1.82) is 0 Å². The fourth-order valence-electron chi connectivity index (χ4n) is 1.86. The van der Waals surface area contributed by atoms with E-state index in [2.05, 4.69) is 10.3 Å². The second-order valence-electron chi connectivity index (χ2n) is 4.79. The average Bonchev–Trinajstić information content (AvgIpc) is 2.60. The number of aromatic nitrogens is 1. The van der Waals surface area contributed by atoms with Gasteiger partial charge in [0.05, 0.1) is 36.2 Å². The first kappa shape index (κ1) is 18.9. The number of rotatable bonds is 6. The molecule has 0 bridgehead atoms. The van der Waals surface area contributed by atoms with Gasteiger partial charge in [-0.1, -0.05) is 11.8 Å². The molecule has 1 N–H and O–H groups in total. The highest BCUT2D eigenvalue weighted by Gasteiger charge is 2.30. The van der Waals surface area contributed by atoms with Gasteiger partial charge < -0.3 is 14.8 Å². The number of ether oxygens (including phenoxy) is 2. The number of thioether (sulfide) groups is 1. The Morgan fingerprint density at radius 3 is 2.52 bits per heavy atom. The molecule has 1 amide bonds. The molecule has 0 aliphatic carbocycles. The normalized spacial score (nSPS) is 11.1. The Hall–Kier alpha value is -2.42. The standard InChI is InChI=1S/C16H15F3N2O3S/c1-23-11-4-5-12(13(7-11)24-2)21-14(22)9-25-15-6-3-10(8-20-15)16(17,18)19/h3-8H,9H2,1-2H3,(H,21,22). The zero-order valence-corrected chi connectivity index (χ0v) is 14.2. The third-order valence-corrected chi connectivity index (χ3v) is 4.04. The second-order valence-corrected chi connectivity index (χ2v) is 5.78. The molecule has 2 aromatic rings. The van der Waals surface area contributed by atoms with Gasteiger partial charge in [-0.2, -0.15) is 13.2 Å². The molecule has 0 aliphatic heterocycles. The molecule has 5 nitrogen and oxygen atoms in total.